The zero-order valence-corrected chi connectivity index (χ0v) is 19.6. The van der Waals surface area contributed by atoms with Crippen molar-refractivity contribution in [2.75, 3.05) is 0 Å². The number of hydrogen-bond donors (Lipinski definition) is 0. The molecular weight excluding hydrogens is 493 g/mol. The van der Waals surface area contributed by atoms with E-state index in [0.29, 0.717) is 23.6 Å². The van der Waals surface area contributed by atoms with E-state index >= 15 is 0 Å². The normalized spacial score (nSPS) is 18.4. The molecule has 3 nitrogen and oxygen atoms in total. The molecule has 10 heteroatoms. The molecule has 2 aromatic carbocycles. The van der Waals surface area contributed by atoms with Gasteiger partial charge in [-0.2, -0.15) is 17.6 Å². The van der Waals surface area contributed by atoms with Gasteiger partial charge in [-0.1, -0.05) is 32.6 Å². The first-order valence-electron chi connectivity index (χ1n) is 11.9. The topological polar surface area (TPSA) is 35.5 Å². The van der Waals surface area contributed by atoms with Crippen LogP contribution in [0.5, 0.6) is 11.5 Å². The SMILES string of the molecule is CCCCCC1CCC(c2cc(F)c(C(=O)Oc3ccc(OC(F)(F)C(F)F)c(F)c3)c(F)c2)CC1. The predicted octanol–water partition coefficient (Wildman–Crippen LogP) is 8.41. The van der Waals surface area contributed by atoms with E-state index in [1.54, 1.807) is 0 Å². The number of ether oxygens (including phenoxy) is 2. The largest absolute Gasteiger partial charge is 0.461 e. The zero-order chi connectivity index (χ0) is 26.5. The fraction of sp³-hybridized carbons (Fsp3) is 0.500. The summed E-state index contributed by atoms with van der Waals surface area (Å²) in [4.78, 5) is 12.4. The van der Waals surface area contributed by atoms with Gasteiger partial charge in [-0.25, -0.2) is 18.0 Å². The lowest BCUT2D eigenvalue weighted by Crippen LogP contribution is -2.33. The number of alkyl halides is 4. The van der Waals surface area contributed by atoms with E-state index in [1.807, 2.05) is 0 Å². The number of halogens is 7. The van der Waals surface area contributed by atoms with Crippen LogP contribution in [-0.4, -0.2) is 18.5 Å². The third-order valence-corrected chi connectivity index (χ3v) is 6.42. The molecule has 0 amide bonds. The molecule has 1 saturated carbocycles. The van der Waals surface area contributed by atoms with Crippen LogP contribution in [0.2, 0.25) is 0 Å². The molecule has 0 aromatic heterocycles. The van der Waals surface area contributed by atoms with Crippen LogP contribution in [0.15, 0.2) is 30.3 Å². The van der Waals surface area contributed by atoms with Gasteiger partial charge in [0.2, 0.25) is 0 Å². The van der Waals surface area contributed by atoms with Gasteiger partial charge in [0.05, 0.1) is 0 Å². The molecule has 0 saturated heterocycles. The van der Waals surface area contributed by atoms with Crippen LogP contribution in [-0.2, 0) is 0 Å². The number of esters is 1. The molecule has 0 unspecified atom stereocenters. The number of carbonyl (C=O) groups excluding carboxylic acids is 1. The van der Waals surface area contributed by atoms with E-state index in [1.165, 1.54) is 12.8 Å². The second kappa shape index (κ2) is 12.0. The molecule has 0 aliphatic heterocycles. The highest BCUT2D eigenvalue weighted by atomic mass is 19.3. The third-order valence-electron chi connectivity index (χ3n) is 6.42. The van der Waals surface area contributed by atoms with Gasteiger partial charge in [0.25, 0.3) is 0 Å². The molecule has 1 fully saturated rings. The summed E-state index contributed by atoms with van der Waals surface area (Å²) in [6.45, 7) is 2.14. The quantitative estimate of drug-likeness (QED) is 0.137. The first-order chi connectivity index (χ1) is 17.0. The Hall–Kier alpha value is -2.78. The van der Waals surface area contributed by atoms with E-state index in [4.69, 9.17) is 4.74 Å². The monoisotopic (exact) mass is 520 g/mol. The smallest absolute Gasteiger partial charge is 0.425 e. The van der Waals surface area contributed by atoms with Crippen LogP contribution >= 0.6 is 0 Å². The van der Waals surface area contributed by atoms with Crippen molar-refractivity contribution in [3.05, 3.63) is 58.9 Å². The van der Waals surface area contributed by atoms with E-state index in [-0.39, 0.29) is 5.92 Å². The van der Waals surface area contributed by atoms with Crippen molar-refractivity contribution in [3.8, 4) is 11.5 Å². The Morgan fingerprint density at radius 1 is 0.972 bits per heavy atom. The number of unbranched alkanes of at least 4 members (excludes halogenated alkanes) is 2. The van der Waals surface area contributed by atoms with Gasteiger partial charge in [-0.05, 0) is 67.3 Å². The lowest BCUT2D eigenvalue weighted by Gasteiger charge is -2.29. The summed E-state index contributed by atoms with van der Waals surface area (Å²) < 4.78 is 102. The Kier molecular flexibility index (Phi) is 9.24. The molecule has 0 heterocycles. The molecule has 1 aliphatic rings. The lowest BCUT2D eigenvalue weighted by atomic mass is 9.77. The Labute approximate surface area is 204 Å². The summed E-state index contributed by atoms with van der Waals surface area (Å²) >= 11 is 0. The Balaban J connectivity index is 1.66. The molecule has 0 bridgehead atoms. The molecule has 1 aliphatic carbocycles. The third kappa shape index (κ3) is 6.91. The fourth-order valence-electron chi connectivity index (χ4n) is 4.47. The van der Waals surface area contributed by atoms with Gasteiger partial charge in [0.1, 0.15) is 22.9 Å². The highest BCUT2D eigenvalue weighted by molar-refractivity contribution is 5.91. The van der Waals surface area contributed by atoms with Crippen molar-refractivity contribution in [3.63, 3.8) is 0 Å². The van der Waals surface area contributed by atoms with E-state index in [0.717, 1.165) is 56.7 Å². The summed E-state index contributed by atoms with van der Waals surface area (Å²) in [7, 11) is 0. The molecular formula is C26H27F7O3. The van der Waals surface area contributed by atoms with E-state index in [2.05, 4.69) is 11.7 Å². The zero-order valence-electron chi connectivity index (χ0n) is 19.6. The van der Waals surface area contributed by atoms with Crippen LogP contribution in [0.25, 0.3) is 0 Å². The van der Waals surface area contributed by atoms with Crippen LogP contribution < -0.4 is 9.47 Å². The van der Waals surface area contributed by atoms with Crippen LogP contribution in [0, 0.1) is 23.4 Å². The first kappa shape index (κ1) is 27.8. The molecule has 0 atom stereocenters. The molecule has 0 radical (unpaired) electrons. The Bertz CT molecular complexity index is 1030. The van der Waals surface area contributed by atoms with Crippen LogP contribution in [0.4, 0.5) is 30.7 Å². The molecule has 36 heavy (non-hydrogen) atoms. The van der Waals surface area contributed by atoms with E-state index < -0.39 is 53.0 Å². The van der Waals surface area contributed by atoms with Crippen molar-refractivity contribution in [1.29, 1.82) is 0 Å². The van der Waals surface area contributed by atoms with Gasteiger partial charge in [0.15, 0.2) is 11.6 Å². The van der Waals surface area contributed by atoms with E-state index in [9.17, 15) is 35.5 Å². The highest BCUT2D eigenvalue weighted by Gasteiger charge is 2.44. The summed E-state index contributed by atoms with van der Waals surface area (Å²) in [6, 6.07) is 3.87. The number of carbonyl (C=O) groups is 1. The minimum Gasteiger partial charge on any atom is -0.425 e. The highest BCUT2D eigenvalue weighted by Crippen LogP contribution is 2.39. The van der Waals surface area contributed by atoms with Crippen LogP contribution in [0.3, 0.4) is 0 Å². The summed E-state index contributed by atoms with van der Waals surface area (Å²) in [5, 5.41) is 0. The maximum absolute atomic E-state index is 14.7. The molecule has 2 aromatic rings. The second-order valence-electron chi connectivity index (χ2n) is 9.02. The fourth-order valence-corrected chi connectivity index (χ4v) is 4.47. The van der Waals surface area contributed by atoms with Crippen molar-refractivity contribution < 1.29 is 45.0 Å². The minimum atomic E-state index is -4.94. The standard InChI is InChI=1S/C26H27F7O3/c1-2-3-4-5-15-6-8-16(9-7-15)17-12-20(28)23(21(29)13-17)24(34)35-18-10-11-22(19(27)14-18)36-26(32,33)25(30)31/h10-16,25H,2-9H2,1H3. The Morgan fingerprint density at radius 3 is 2.17 bits per heavy atom. The average Bonchev–Trinajstić information content (AvgIpc) is 2.81. The average molecular weight is 520 g/mol. The maximum atomic E-state index is 14.7. The van der Waals surface area contributed by atoms with Gasteiger partial charge in [-0.15, -0.1) is 0 Å². The predicted molar refractivity (Wildman–Crippen MR) is 118 cm³/mol. The number of rotatable bonds is 10. The maximum Gasteiger partial charge on any atom is 0.461 e. The number of hydrogen-bond acceptors (Lipinski definition) is 3. The number of benzene rings is 2. The Morgan fingerprint density at radius 2 is 1.61 bits per heavy atom. The van der Waals surface area contributed by atoms with Crippen molar-refractivity contribution in [2.45, 2.75) is 76.7 Å². The van der Waals surface area contributed by atoms with Crippen molar-refractivity contribution in [1.82, 2.24) is 0 Å². The van der Waals surface area contributed by atoms with Gasteiger partial charge in [0, 0.05) is 6.07 Å². The molecule has 198 valence electrons. The minimum absolute atomic E-state index is 0.0329. The summed E-state index contributed by atoms with van der Waals surface area (Å²) in [5.74, 6) is -6.53. The lowest BCUT2D eigenvalue weighted by molar-refractivity contribution is -0.254. The van der Waals surface area contributed by atoms with Crippen molar-refractivity contribution in [2.24, 2.45) is 5.92 Å². The molecule has 0 spiro atoms. The van der Waals surface area contributed by atoms with Gasteiger partial charge >= 0.3 is 18.5 Å². The van der Waals surface area contributed by atoms with Gasteiger partial charge in [-0.3, -0.25) is 0 Å². The van der Waals surface area contributed by atoms with Crippen molar-refractivity contribution >= 4 is 5.97 Å². The van der Waals surface area contributed by atoms with Gasteiger partial charge < -0.3 is 9.47 Å². The summed E-state index contributed by atoms with van der Waals surface area (Å²) in [6.07, 6.45) is -0.971. The first-order valence-corrected chi connectivity index (χ1v) is 11.9. The second-order valence-corrected chi connectivity index (χ2v) is 9.02. The molecule has 0 N–H and O–H groups in total. The van der Waals surface area contributed by atoms with Crippen LogP contribution in [0.1, 0.15) is 80.1 Å². The summed E-state index contributed by atoms with van der Waals surface area (Å²) in [5.41, 5.74) is -0.543. The molecule has 3 rings (SSSR count).